The molecule has 0 radical (unpaired) electrons. The standard InChI is InChI=1S/C10H24O3Si/c1-8(2)11-14(12-9(3)4)13-10(5,6)7/h8-9,14H,1-7H3. The smallest absolute Gasteiger partial charge is 0.373 e. The van der Waals surface area contributed by atoms with Gasteiger partial charge < -0.3 is 13.3 Å². The highest BCUT2D eigenvalue weighted by Gasteiger charge is 2.25. The number of rotatable bonds is 5. The first-order chi connectivity index (χ1) is 6.20. The third kappa shape index (κ3) is 8.68. The Morgan fingerprint density at radius 2 is 1.21 bits per heavy atom. The zero-order valence-corrected chi connectivity index (χ0v) is 11.6. The van der Waals surface area contributed by atoms with Crippen LogP contribution in [-0.2, 0) is 13.3 Å². The Balaban J connectivity index is 4.11. The van der Waals surface area contributed by atoms with Crippen LogP contribution in [0.1, 0.15) is 48.5 Å². The summed E-state index contributed by atoms with van der Waals surface area (Å²) in [7, 11) is -1.97. The Kier molecular flexibility index (Phi) is 5.89. The van der Waals surface area contributed by atoms with E-state index in [0.717, 1.165) is 0 Å². The molecular weight excluding hydrogens is 196 g/mol. The molecule has 0 aromatic heterocycles. The van der Waals surface area contributed by atoms with Crippen molar-refractivity contribution in [3.63, 3.8) is 0 Å². The number of hydrogen-bond acceptors (Lipinski definition) is 3. The summed E-state index contributed by atoms with van der Waals surface area (Å²) in [6.45, 7) is 14.0. The zero-order valence-electron chi connectivity index (χ0n) is 10.5. The molecule has 86 valence electrons. The van der Waals surface area contributed by atoms with Crippen LogP contribution in [0.25, 0.3) is 0 Å². The molecule has 0 saturated heterocycles. The van der Waals surface area contributed by atoms with Gasteiger partial charge in [0, 0.05) is 12.2 Å². The maximum atomic E-state index is 5.75. The molecule has 0 amide bonds. The van der Waals surface area contributed by atoms with E-state index in [1.54, 1.807) is 0 Å². The average molecular weight is 220 g/mol. The van der Waals surface area contributed by atoms with Gasteiger partial charge in [-0.15, -0.1) is 0 Å². The quantitative estimate of drug-likeness (QED) is 0.666. The Hall–Kier alpha value is 0.0969. The van der Waals surface area contributed by atoms with Gasteiger partial charge in [-0.2, -0.15) is 0 Å². The molecule has 0 unspecified atom stereocenters. The lowest BCUT2D eigenvalue weighted by Crippen LogP contribution is -2.39. The van der Waals surface area contributed by atoms with Crippen molar-refractivity contribution in [2.24, 2.45) is 0 Å². The fraction of sp³-hybridized carbons (Fsp3) is 1.00. The van der Waals surface area contributed by atoms with Crippen molar-refractivity contribution in [1.82, 2.24) is 0 Å². The average Bonchev–Trinajstić information content (AvgIpc) is 1.77. The van der Waals surface area contributed by atoms with Gasteiger partial charge in [-0.05, 0) is 48.5 Å². The lowest BCUT2D eigenvalue weighted by Gasteiger charge is -2.28. The molecule has 4 heteroatoms. The van der Waals surface area contributed by atoms with Gasteiger partial charge in [0.05, 0.1) is 5.60 Å². The molecule has 0 bridgehead atoms. The Bertz CT molecular complexity index is 142. The second-order valence-corrected chi connectivity index (χ2v) is 6.25. The summed E-state index contributed by atoms with van der Waals surface area (Å²) in [4.78, 5) is 0. The molecule has 0 aliphatic carbocycles. The molecule has 14 heavy (non-hydrogen) atoms. The van der Waals surface area contributed by atoms with E-state index in [0.29, 0.717) is 0 Å². The molecule has 0 aromatic carbocycles. The van der Waals surface area contributed by atoms with Gasteiger partial charge in [0.1, 0.15) is 0 Å². The third-order valence-electron chi connectivity index (χ3n) is 1.22. The Morgan fingerprint density at radius 1 is 0.857 bits per heavy atom. The normalized spacial score (nSPS) is 13.3. The van der Waals surface area contributed by atoms with Gasteiger partial charge >= 0.3 is 9.53 Å². The van der Waals surface area contributed by atoms with Crippen molar-refractivity contribution >= 4 is 9.53 Å². The molecule has 0 aliphatic heterocycles. The van der Waals surface area contributed by atoms with Crippen LogP contribution in [0.3, 0.4) is 0 Å². The molecule has 0 aromatic rings. The van der Waals surface area contributed by atoms with Gasteiger partial charge in [0.25, 0.3) is 0 Å². The van der Waals surface area contributed by atoms with E-state index in [4.69, 9.17) is 13.3 Å². The molecule has 0 heterocycles. The topological polar surface area (TPSA) is 27.7 Å². The third-order valence-corrected chi connectivity index (χ3v) is 3.65. The van der Waals surface area contributed by atoms with Crippen LogP contribution in [-0.4, -0.2) is 27.3 Å². The van der Waals surface area contributed by atoms with Crippen molar-refractivity contribution in [2.45, 2.75) is 66.3 Å². The Labute approximate surface area is 89.7 Å². The van der Waals surface area contributed by atoms with Gasteiger partial charge in [-0.1, -0.05) is 0 Å². The lowest BCUT2D eigenvalue weighted by molar-refractivity contribution is -0.00259. The van der Waals surface area contributed by atoms with Crippen molar-refractivity contribution in [1.29, 1.82) is 0 Å². The van der Waals surface area contributed by atoms with E-state index in [1.807, 2.05) is 48.5 Å². The largest absolute Gasteiger partial charge is 0.485 e. The first kappa shape index (κ1) is 14.1. The summed E-state index contributed by atoms with van der Waals surface area (Å²) < 4.78 is 17.0. The fourth-order valence-corrected chi connectivity index (χ4v) is 2.46. The molecule has 0 N–H and O–H groups in total. The minimum absolute atomic E-state index is 0.160. The minimum Gasteiger partial charge on any atom is -0.373 e. The summed E-state index contributed by atoms with van der Waals surface area (Å²) in [5.74, 6) is 0. The molecular formula is C10H24O3Si. The van der Waals surface area contributed by atoms with E-state index in [9.17, 15) is 0 Å². The Morgan fingerprint density at radius 3 is 1.43 bits per heavy atom. The molecule has 0 aliphatic rings. The van der Waals surface area contributed by atoms with E-state index in [1.165, 1.54) is 0 Å². The van der Waals surface area contributed by atoms with Gasteiger partial charge in [0.15, 0.2) is 0 Å². The molecule has 0 rings (SSSR count). The molecule has 0 spiro atoms. The van der Waals surface area contributed by atoms with Crippen LogP contribution in [0.5, 0.6) is 0 Å². The van der Waals surface area contributed by atoms with Gasteiger partial charge in [0.2, 0.25) is 0 Å². The highest BCUT2D eigenvalue weighted by Crippen LogP contribution is 2.12. The predicted octanol–water partition coefficient (Wildman–Crippen LogP) is 2.37. The van der Waals surface area contributed by atoms with Gasteiger partial charge in [-0.25, -0.2) is 0 Å². The lowest BCUT2D eigenvalue weighted by atomic mass is 10.2. The van der Waals surface area contributed by atoms with E-state index in [2.05, 4.69) is 0 Å². The van der Waals surface area contributed by atoms with Crippen LogP contribution in [0.4, 0.5) is 0 Å². The highest BCUT2D eigenvalue weighted by molar-refractivity contribution is 6.36. The second kappa shape index (κ2) is 5.85. The predicted molar refractivity (Wildman–Crippen MR) is 60.4 cm³/mol. The van der Waals surface area contributed by atoms with Crippen molar-refractivity contribution in [3.8, 4) is 0 Å². The highest BCUT2D eigenvalue weighted by atomic mass is 28.3. The molecule has 0 fully saturated rings. The van der Waals surface area contributed by atoms with E-state index < -0.39 is 9.53 Å². The van der Waals surface area contributed by atoms with Crippen molar-refractivity contribution in [2.75, 3.05) is 0 Å². The van der Waals surface area contributed by atoms with Crippen LogP contribution < -0.4 is 0 Å². The second-order valence-electron chi connectivity index (χ2n) is 4.89. The summed E-state index contributed by atoms with van der Waals surface area (Å²) >= 11 is 0. The molecule has 0 saturated carbocycles. The summed E-state index contributed by atoms with van der Waals surface area (Å²) in [6, 6.07) is 0. The molecule has 3 nitrogen and oxygen atoms in total. The molecule has 0 atom stereocenters. The first-order valence-corrected chi connectivity index (χ1v) is 6.61. The SMILES string of the molecule is CC(C)O[SiH](OC(C)C)OC(C)(C)C. The van der Waals surface area contributed by atoms with E-state index >= 15 is 0 Å². The van der Waals surface area contributed by atoms with Crippen LogP contribution in [0.15, 0.2) is 0 Å². The summed E-state index contributed by atoms with van der Waals surface area (Å²) in [6.07, 6.45) is 0.320. The monoisotopic (exact) mass is 220 g/mol. The zero-order chi connectivity index (χ0) is 11.4. The van der Waals surface area contributed by atoms with Crippen LogP contribution in [0, 0.1) is 0 Å². The van der Waals surface area contributed by atoms with Crippen LogP contribution >= 0.6 is 0 Å². The summed E-state index contributed by atoms with van der Waals surface area (Å²) in [5.41, 5.74) is -0.194. The van der Waals surface area contributed by atoms with Gasteiger partial charge in [-0.3, -0.25) is 0 Å². The summed E-state index contributed by atoms with van der Waals surface area (Å²) in [5, 5.41) is 0. The maximum Gasteiger partial charge on any atom is 0.485 e. The maximum absolute atomic E-state index is 5.75. The van der Waals surface area contributed by atoms with E-state index in [-0.39, 0.29) is 17.8 Å². The fourth-order valence-electron chi connectivity index (χ4n) is 0.821. The van der Waals surface area contributed by atoms with Crippen molar-refractivity contribution in [3.05, 3.63) is 0 Å². The van der Waals surface area contributed by atoms with Crippen molar-refractivity contribution < 1.29 is 13.3 Å². The van der Waals surface area contributed by atoms with Crippen LogP contribution in [0.2, 0.25) is 0 Å². The first-order valence-electron chi connectivity index (χ1n) is 5.19. The minimum atomic E-state index is -1.97. The number of hydrogen-bond donors (Lipinski definition) is 0.